The lowest BCUT2D eigenvalue weighted by Crippen LogP contribution is -2.59. The van der Waals surface area contributed by atoms with E-state index in [0.717, 1.165) is 12.8 Å². The minimum absolute atomic E-state index is 0.0278. The predicted octanol–water partition coefficient (Wildman–Crippen LogP) is 5.03. The first-order chi connectivity index (χ1) is 17.5. The molecule has 0 bridgehead atoms. The topological polar surface area (TPSA) is 70.1 Å². The average molecular weight is 515 g/mol. The van der Waals surface area contributed by atoms with Crippen LogP contribution in [0.5, 0.6) is 0 Å². The van der Waals surface area contributed by atoms with Crippen molar-refractivity contribution in [1.82, 2.24) is 19.2 Å². The number of halogens is 3. The second-order valence-corrected chi connectivity index (χ2v) is 9.83. The molecule has 1 fully saturated rings. The summed E-state index contributed by atoms with van der Waals surface area (Å²) in [5, 5.41) is 13.7. The maximum absolute atomic E-state index is 13.9. The molecule has 3 aromatic rings. The SMILES string of the molecule is CC[C@H]1CN(C(C)c2c(C)cccc2C(F)(F)F)[C@H](CC)CN1c1cc(=O)n(C)c2cn(CC#N)nc12. The van der Waals surface area contributed by atoms with Gasteiger partial charge in [-0.05, 0) is 43.9 Å². The van der Waals surface area contributed by atoms with Gasteiger partial charge in [-0.25, -0.2) is 0 Å². The summed E-state index contributed by atoms with van der Waals surface area (Å²) < 4.78 is 44.9. The molecule has 1 saturated heterocycles. The van der Waals surface area contributed by atoms with Crippen molar-refractivity contribution < 1.29 is 13.2 Å². The van der Waals surface area contributed by atoms with Crippen LogP contribution in [-0.4, -0.2) is 44.4 Å². The van der Waals surface area contributed by atoms with Gasteiger partial charge in [0.25, 0.3) is 5.56 Å². The summed E-state index contributed by atoms with van der Waals surface area (Å²) in [5.41, 5.74) is 2.19. The lowest BCUT2D eigenvalue weighted by molar-refractivity contribution is -0.139. The van der Waals surface area contributed by atoms with Gasteiger partial charge in [0.15, 0.2) is 0 Å². The van der Waals surface area contributed by atoms with E-state index in [9.17, 15) is 18.0 Å². The summed E-state index contributed by atoms with van der Waals surface area (Å²) in [6.07, 6.45) is -1.24. The summed E-state index contributed by atoms with van der Waals surface area (Å²) in [4.78, 5) is 17.2. The van der Waals surface area contributed by atoms with E-state index in [4.69, 9.17) is 5.26 Å². The van der Waals surface area contributed by atoms with Gasteiger partial charge in [0.05, 0.1) is 29.0 Å². The Morgan fingerprint density at radius 3 is 2.51 bits per heavy atom. The van der Waals surface area contributed by atoms with Crippen molar-refractivity contribution in [1.29, 1.82) is 5.26 Å². The van der Waals surface area contributed by atoms with Gasteiger partial charge in [-0.3, -0.25) is 14.4 Å². The molecule has 7 nitrogen and oxygen atoms in total. The van der Waals surface area contributed by atoms with Crippen LogP contribution in [0.4, 0.5) is 18.9 Å². The molecular weight excluding hydrogens is 481 g/mol. The van der Waals surface area contributed by atoms with Crippen LogP contribution < -0.4 is 10.5 Å². The number of nitrogens with zero attached hydrogens (tertiary/aromatic N) is 6. The first-order valence-electron chi connectivity index (χ1n) is 12.6. The van der Waals surface area contributed by atoms with Crippen LogP contribution in [0.1, 0.15) is 56.3 Å². The van der Waals surface area contributed by atoms with Gasteiger partial charge < -0.3 is 9.47 Å². The monoisotopic (exact) mass is 514 g/mol. The fourth-order valence-corrected chi connectivity index (χ4v) is 5.71. The molecule has 198 valence electrons. The molecule has 0 radical (unpaired) electrons. The predicted molar refractivity (Wildman–Crippen MR) is 137 cm³/mol. The summed E-state index contributed by atoms with van der Waals surface area (Å²) in [7, 11) is 1.68. The van der Waals surface area contributed by atoms with Crippen LogP contribution in [0.15, 0.2) is 35.3 Å². The molecule has 3 heterocycles. The highest BCUT2D eigenvalue weighted by Crippen LogP contribution is 2.40. The zero-order valence-electron chi connectivity index (χ0n) is 21.9. The zero-order chi connectivity index (χ0) is 27.1. The molecule has 10 heteroatoms. The molecule has 4 rings (SSSR count). The van der Waals surface area contributed by atoms with Gasteiger partial charge >= 0.3 is 6.18 Å². The number of piperazine rings is 1. The zero-order valence-corrected chi connectivity index (χ0v) is 21.9. The van der Waals surface area contributed by atoms with Crippen molar-refractivity contribution >= 4 is 16.7 Å². The third-order valence-electron chi connectivity index (χ3n) is 7.71. The number of anilines is 1. The van der Waals surface area contributed by atoms with Crippen molar-refractivity contribution in [3.8, 4) is 6.07 Å². The first-order valence-corrected chi connectivity index (χ1v) is 12.6. The second-order valence-electron chi connectivity index (χ2n) is 9.83. The summed E-state index contributed by atoms with van der Waals surface area (Å²) in [5.74, 6) is 0. The maximum atomic E-state index is 13.9. The molecule has 3 atom stereocenters. The normalized spacial score (nSPS) is 19.8. The number of rotatable bonds is 6. The van der Waals surface area contributed by atoms with Gasteiger partial charge in [-0.2, -0.15) is 23.5 Å². The molecule has 0 N–H and O–H groups in total. The van der Waals surface area contributed by atoms with Gasteiger partial charge in [-0.15, -0.1) is 0 Å². The van der Waals surface area contributed by atoms with Gasteiger partial charge in [-0.1, -0.05) is 26.0 Å². The summed E-state index contributed by atoms with van der Waals surface area (Å²) >= 11 is 0. The van der Waals surface area contributed by atoms with Crippen molar-refractivity contribution in [3.63, 3.8) is 0 Å². The Morgan fingerprint density at radius 1 is 1.19 bits per heavy atom. The Hall–Kier alpha value is -3.32. The minimum Gasteiger partial charge on any atom is -0.364 e. The highest BCUT2D eigenvalue weighted by molar-refractivity contribution is 5.88. The number of hydrogen-bond donors (Lipinski definition) is 0. The van der Waals surface area contributed by atoms with E-state index in [2.05, 4.69) is 21.0 Å². The van der Waals surface area contributed by atoms with E-state index in [1.165, 1.54) is 21.4 Å². The van der Waals surface area contributed by atoms with Crippen LogP contribution >= 0.6 is 0 Å². The quantitative estimate of drug-likeness (QED) is 0.462. The molecule has 2 aromatic heterocycles. The Bertz CT molecular complexity index is 1390. The van der Waals surface area contributed by atoms with E-state index < -0.39 is 17.8 Å². The van der Waals surface area contributed by atoms with Crippen molar-refractivity contribution in [3.05, 3.63) is 57.5 Å². The van der Waals surface area contributed by atoms with E-state index in [0.29, 0.717) is 40.9 Å². The minimum atomic E-state index is -4.43. The fraction of sp³-hybridized carbons (Fsp3) is 0.519. The lowest BCUT2D eigenvalue weighted by Gasteiger charge is -2.50. The van der Waals surface area contributed by atoms with Crippen LogP contribution in [0, 0.1) is 18.3 Å². The molecule has 0 spiro atoms. The van der Waals surface area contributed by atoms with Crippen LogP contribution in [0.25, 0.3) is 11.0 Å². The molecule has 37 heavy (non-hydrogen) atoms. The van der Waals surface area contributed by atoms with E-state index >= 15 is 0 Å². The number of alkyl halides is 3. The summed E-state index contributed by atoms with van der Waals surface area (Å²) in [6.45, 7) is 8.87. The first kappa shape index (κ1) is 26.7. The Morgan fingerprint density at radius 2 is 1.89 bits per heavy atom. The Labute approximate surface area is 214 Å². The molecule has 1 aliphatic rings. The highest BCUT2D eigenvalue weighted by atomic mass is 19.4. The number of benzene rings is 1. The summed E-state index contributed by atoms with van der Waals surface area (Å²) in [6, 6.07) is 7.55. The van der Waals surface area contributed by atoms with E-state index in [1.807, 2.05) is 20.8 Å². The average Bonchev–Trinajstić information content (AvgIpc) is 3.28. The molecule has 0 amide bonds. The van der Waals surface area contributed by atoms with Crippen molar-refractivity contribution in [2.75, 3.05) is 18.0 Å². The van der Waals surface area contributed by atoms with Crippen LogP contribution in [0.2, 0.25) is 0 Å². The number of aryl methyl sites for hydroxylation is 2. The van der Waals surface area contributed by atoms with E-state index in [1.54, 1.807) is 32.3 Å². The number of fused-ring (bicyclic) bond motifs is 1. The molecule has 0 aliphatic carbocycles. The number of nitriles is 1. The van der Waals surface area contributed by atoms with Crippen molar-refractivity contribution in [2.24, 2.45) is 7.05 Å². The molecule has 1 aromatic carbocycles. The van der Waals surface area contributed by atoms with Crippen LogP contribution in [-0.2, 0) is 19.8 Å². The maximum Gasteiger partial charge on any atom is 0.416 e. The number of hydrogen-bond acceptors (Lipinski definition) is 5. The third-order valence-corrected chi connectivity index (χ3v) is 7.71. The molecule has 0 saturated carbocycles. The standard InChI is InChI=1S/C27H33F3N6O/c1-6-19-15-36(22-13-24(37)33(5)23-16-34(12-11-31)32-26(22)23)20(7-2)14-35(19)18(4)25-17(3)9-8-10-21(25)27(28,29)30/h8-10,13,16,18-20H,6-7,12,14-15H2,1-5H3/t18?,19-,20+/m1/s1. The Balaban J connectivity index is 1.76. The van der Waals surface area contributed by atoms with Gasteiger partial charge in [0, 0.05) is 44.3 Å². The second kappa shape index (κ2) is 10.2. The Kier molecular flexibility index (Phi) is 7.38. The number of pyridine rings is 1. The molecule has 1 unspecified atom stereocenters. The van der Waals surface area contributed by atoms with E-state index in [-0.39, 0.29) is 24.2 Å². The lowest BCUT2D eigenvalue weighted by atomic mass is 9.91. The van der Waals surface area contributed by atoms with Gasteiger partial charge in [0.2, 0.25) is 0 Å². The van der Waals surface area contributed by atoms with Gasteiger partial charge in [0.1, 0.15) is 12.1 Å². The van der Waals surface area contributed by atoms with Crippen LogP contribution in [0.3, 0.4) is 0 Å². The molecule has 1 aliphatic heterocycles. The van der Waals surface area contributed by atoms with Crippen molar-refractivity contribution in [2.45, 2.75) is 71.4 Å². The highest BCUT2D eigenvalue weighted by Gasteiger charge is 2.40. The number of aromatic nitrogens is 3. The largest absolute Gasteiger partial charge is 0.416 e. The fourth-order valence-electron chi connectivity index (χ4n) is 5.71. The molecular formula is C27H33F3N6O. The third kappa shape index (κ3) is 4.85. The smallest absolute Gasteiger partial charge is 0.364 e.